The molecule has 0 aliphatic carbocycles. The summed E-state index contributed by atoms with van der Waals surface area (Å²) in [6.07, 6.45) is 6.04. The summed E-state index contributed by atoms with van der Waals surface area (Å²) in [7, 11) is 1.66. The number of benzene rings is 1. The van der Waals surface area contributed by atoms with Crippen LogP contribution in [0.5, 0.6) is 5.75 Å². The lowest BCUT2D eigenvalue weighted by Crippen LogP contribution is -1.93. The summed E-state index contributed by atoms with van der Waals surface area (Å²) in [6, 6.07) is 6.05. The van der Waals surface area contributed by atoms with Crippen LogP contribution in [-0.4, -0.2) is 7.11 Å². The number of rotatable bonds is 3. The van der Waals surface area contributed by atoms with Gasteiger partial charge in [0.2, 0.25) is 0 Å². The molecule has 0 bridgehead atoms. The van der Waals surface area contributed by atoms with Crippen molar-refractivity contribution >= 4 is 15.9 Å². The summed E-state index contributed by atoms with van der Waals surface area (Å²) >= 11 is 3.45. The first-order valence-corrected chi connectivity index (χ1v) is 5.25. The van der Waals surface area contributed by atoms with E-state index in [1.165, 1.54) is 5.56 Å². The second-order valence-corrected chi connectivity index (χ2v) is 4.06. The lowest BCUT2D eigenvalue weighted by molar-refractivity contribution is 0.412. The van der Waals surface area contributed by atoms with Crippen molar-refractivity contribution in [1.82, 2.24) is 0 Å². The van der Waals surface area contributed by atoms with Gasteiger partial charge in [-0.05, 0) is 39.5 Å². The molecule has 14 heavy (non-hydrogen) atoms. The Labute approximate surface area is 93.6 Å². The van der Waals surface area contributed by atoms with Crippen LogP contribution in [0.1, 0.15) is 24.8 Å². The van der Waals surface area contributed by atoms with E-state index in [4.69, 9.17) is 11.2 Å². The molecule has 0 N–H and O–H groups in total. The smallest absolute Gasteiger partial charge is 0.133 e. The van der Waals surface area contributed by atoms with Crippen molar-refractivity contribution in [2.75, 3.05) is 7.11 Å². The van der Waals surface area contributed by atoms with Crippen LogP contribution in [0.15, 0.2) is 22.7 Å². The molecule has 0 radical (unpaired) electrons. The van der Waals surface area contributed by atoms with Crippen molar-refractivity contribution in [2.24, 2.45) is 0 Å². The number of methoxy groups -OCH3 is 1. The zero-order valence-electron chi connectivity index (χ0n) is 8.38. The molecular weight excluding hydrogens is 240 g/mol. The van der Waals surface area contributed by atoms with Gasteiger partial charge < -0.3 is 4.74 Å². The van der Waals surface area contributed by atoms with Crippen molar-refractivity contribution in [3.05, 3.63) is 28.2 Å². The molecule has 0 heterocycles. The van der Waals surface area contributed by atoms with Crippen LogP contribution in [-0.2, 0) is 0 Å². The molecule has 0 saturated carbocycles. The fraction of sp³-hybridized carbons (Fsp3) is 0.333. The molecule has 0 amide bonds. The molecular formula is C12H13BrO. The molecule has 1 aromatic carbocycles. The van der Waals surface area contributed by atoms with E-state index in [1.54, 1.807) is 7.11 Å². The minimum atomic E-state index is 0.391. The van der Waals surface area contributed by atoms with Crippen LogP contribution in [0.4, 0.5) is 0 Å². The lowest BCUT2D eigenvalue weighted by Gasteiger charge is -2.10. The third-order valence-corrected chi connectivity index (χ3v) is 2.79. The van der Waals surface area contributed by atoms with E-state index >= 15 is 0 Å². The molecule has 1 atom stereocenters. The fourth-order valence-corrected chi connectivity index (χ4v) is 1.84. The summed E-state index contributed by atoms with van der Waals surface area (Å²) in [5.41, 5.74) is 1.23. The van der Waals surface area contributed by atoms with Crippen LogP contribution in [0.2, 0.25) is 0 Å². The number of terminal acetylenes is 1. The van der Waals surface area contributed by atoms with E-state index in [0.717, 1.165) is 16.6 Å². The van der Waals surface area contributed by atoms with Gasteiger partial charge in [-0.3, -0.25) is 0 Å². The number of hydrogen-bond donors (Lipinski definition) is 0. The quantitative estimate of drug-likeness (QED) is 0.748. The predicted octanol–water partition coefficient (Wildman–Crippen LogP) is 3.58. The molecule has 74 valence electrons. The molecule has 1 nitrogen and oxygen atoms in total. The number of ether oxygens (including phenoxy) is 1. The van der Waals surface area contributed by atoms with E-state index in [9.17, 15) is 0 Å². The Morgan fingerprint density at radius 1 is 1.57 bits per heavy atom. The highest BCUT2D eigenvalue weighted by Crippen LogP contribution is 2.29. The second-order valence-electron chi connectivity index (χ2n) is 3.20. The molecule has 0 saturated heterocycles. The van der Waals surface area contributed by atoms with Crippen molar-refractivity contribution in [1.29, 1.82) is 0 Å². The zero-order valence-corrected chi connectivity index (χ0v) is 9.97. The fourth-order valence-electron chi connectivity index (χ4n) is 1.28. The molecule has 1 rings (SSSR count). The molecule has 0 spiro atoms. The highest BCUT2D eigenvalue weighted by atomic mass is 79.9. The van der Waals surface area contributed by atoms with Crippen LogP contribution < -0.4 is 4.74 Å². The molecule has 2 heteroatoms. The Morgan fingerprint density at radius 2 is 2.29 bits per heavy atom. The van der Waals surface area contributed by atoms with Gasteiger partial charge in [0, 0.05) is 6.42 Å². The summed E-state index contributed by atoms with van der Waals surface area (Å²) in [5.74, 6) is 3.91. The van der Waals surface area contributed by atoms with Gasteiger partial charge in [-0.1, -0.05) is 13.0 Å². The maximum atomic E-state index is 5.27. The first-order chi connectivity index (χ1) is 6.69. The minimum absolute atomic E-state index is 0.391. The lowest BCUT2D eigenvalue weighted by atomic mass is 9.98. The van der Waals surface area contributed by atoms with E-state index in [-0.39, 0.29) is 0 Å². The molecule has 0 aliphatic heterocycles. The predicted molar refractivity (Wildman–Crippen MR) is 62.6 cm³/mol. The first-order valence-electron chi connectivity index (χ1n) is 4.46. The van der Waals surface area contributed by atoms with Crippen LogP contribution in [0, 0.1) is 12.3 Å². The first kappa shape index (κ1) is 11.1. The van der Waals surface area contributed by atoms with Gasteiger partial charge >= 0.3 is 0 Å². The third kappa shape index (κ3) is 2.52. The van der Waals surface area contributed by atoms with Crippen LogP contribution in [0.25, 0.3) is 0 Å². The molecule has 0 aliphatic rings. The van der Waals surface area contributed by atoms with E-state index in [0.29, 0.717) is 5.92 Å². The topological polar surface area (TPSA) is 9.23 Å². The Kier molecular flexibility index (Phi) is 4.03. The Hall–Kier alpha value is -0.940. The average molecular weight is 253 g/mol. The highest BCUT2D eigenvalue weighted by molar-refractivity contribution is 9.10. The average Bonchev–Trinajstić information content (AvgIpc) is 2.18. The van der Waals surface area contributed by atoms with Gasteiger partial charge in [-0.25, -0.2) is 0 Å². The molecule has 0 fully saturated rings. The summed E-state index contributed by atoms with van der Waals surface area (Å²) in [4.78, 5) is 0. The van der Waals surface area contributed by atoms with Crippen LogP contribution in [0.3, 0.4) is 0 Å². The van der Waals surface area contributed by atoms with Crippen molar-refractivity contribution in [2.45, 2.75) is 19.3 Å². The molecule has 1 aromatic rings. The molecule has 0 aromatic heterocycles. The maximum Gasteiger partial charge on any atom is 0.133 e. The van der Waals surface area contributed by atoms with Crippen molar-refractivity contribution in [3.63, 3.8) is 0 Å². The Morgan fingerprint density at radius 3 is 2.79 bits per heavy atom. The van der Waals surface area contributed by atoms with Gasteiger partial charge in [0.05, 0.1) is 11.6 Å². The van der Waals surface area contributed by atoms with Crippen molar-refractivity contribution < 1.29 is 4.74 Å². The highest BCUT2D eigenvalue weighted by Gasteiger charge is 2.06. The molecule has 1 unspecified atom stereocenters. The van der Waals surface area contributed by atoms with Gasteiger partial charge in [0.25, 0.3) is 0 Å². The zero-order chi connectivity index (χ0) is 10.6. The summed E-state index contributed by atoms with van der Waals surface area (Å²) < 4.78 is 6.13. The number of hydrogen-bond acceptors (Lipinski definition) is 1. The van der Waals surface area contributed by atoms with E-state index in [2.05, 4.69) is 34.8 Å². The maximum absolute atomic E-state index is 5.27. The Balaban J connectivity index is 2.92. The van der Waals surface area contributed by atoms with E-state index in [1.807, 2.05) is 12.1 Å². The monoisotopic (exact) mass is 252 g/mol. The van der Waals surface area contributed by atoms with Gasteiger partial charge in [0.15, 0.2) is 0 Å². The largest absolute Gasteiger partial charge is 0.496 e. The standard InChI is InChI=1S/C12H13BrO/c1-4-5-9(2)10-6-7-12(14-3)11(13)8-10/h1,6-9H,5H2,2-3H3. The van der Waals surface area contributed by atoms with Crippen LogP contribution >= 0.6 is 15.9 Å². The van der Waals surface area contributed by atoms with Gasteiger partial charge in [-0.2, -0.15) is 0 Å². The number of halogens is 1. The summed E-state index contributed by atoms with van der Waals surface area (Å²) in [5, 5.41) is 0. The van der Waals surface area contributed by atoms with Crippen molar-refractivity contribution in [3.8, 4) is 18.1 Å². The van der Waals surface area contributed by atoms with Gasteiger partial charge in [0.1, 0.15) is 5.75 Å². The Bertz CT molecular complexity index is 352. The van der Waals surface area contributed by atoms with Gasteiger partial charge in [-0.15, -0.1) is 12.3 Å². The normalized spacial score (nSPS) is 11.9. The van der Waals surface area contributed by atoms with E-state index < -0.39 is 0 Å². The summed E-state index contributed by atoms with van der Waals surface area (Å²) in [6.45, 7) is 2.12. The minimum Gasteiger partial charge on any atom is -0.496 e. The third-order valence-electron chi connectivity index (χ3n) is 2.17. The second kappa shape index (κ2) is 5.07. The SMILES string of the molecule is C#CCC(C)c1ccc(OC)c(Br)c1.